The number of aliphatic hydroxyl groups is 1. The summed E-state index contributed by atoms with van der Waals surface area (Å²) in [6.45, 7) is 2.77. The fraction of sp³-hybridized carbons (Fsp3) is 0.333. The van der Waals surface area contributed by atoms with E-state index in [4.69, 9.17) is 0 Å². The zero-order chi connectivity index (χ0) is 14.2. The molecule has 0 saturated carbocycles. The minimum atomic E-state index is -0.690. The van der Waals surface area contributed by atoms with Crippen molar-refractivity contribution in [3.8, 4) is 5.69 Å². The Labute approximate surface area is 117 Å². The third-order valence-electron chi connectivity index (χ3n) is 3.80. The molecule has 1 saturated heterocycles. The van der Waals surface area contributed by atoms with Gasteiger partial charge in [-0.25, -0.2) is 4.68 Å². The summed E-state index contributed by atoms with van der Waals surface area (Å²) in [5, 5.41) is 14.1. The molecule has 0 unspecified atom stereocenters. The van der Waals surface area contributed by atoms with Crippen molar-refractivity contribution < 1.29 is 9.90 Å². The van der Waals surface area contributed by atoms with E-state index in [0.29, 0.717) is 25.1 Å². The van der Waals surface area contributed by atoms with Crippen LogP contribution in [0.1, 0.15) is 23.7 Å². The third kappa shape index (κ3) is 2.20. The lowest BCUT2D eigenvalue weighted by Crippen LogP contribution is -2.63. The molecule has 0 radical (unpaired) electrons. The van der Waals surface area contributed by atoms with E-state index in [1.165, 1.54) is 0 Å². The quantitative estimate of drug-likeness (QED) is 0.919. The summed E-state index contributed by atoms with van der Waals surface area (Å²) >= 11 is 0. The number of β-amino-alcohol motifs (C(OH)–C–C–N with tert-alkyl or cyclic N) is 1. The Morgan fingerprint density at radius 3 is 2.60 bits per heavy atom. The normalized spacial score (nSPS) is 16.8. The van der Waals surface area contributed by atoms with E-state index in [-0.39, 0.29) is 5.91 Å². The molecule has 1 amide bonds. The summed E-state index contributed by atoms with van der Waals surface area (Å²) < 4.78 is 1.74. The maximum atomic E-state index is 12.2. The van der Waals surface area contributed by atoms with Gasteiger partial charge in [0.15, 0.2) is 0 Å². The van der Waals surface area contributed by atoms with Crippen LogP contribution in [-0.2, 0) is 0 Å². The van der Waals surface area contributed by atoms with Crippen LogP contribution in [0.4, 0.5) is 0 Å². The fourth-order valence-electron chi connectivity index (χ4n) is 2.39. The third-order valence-corrected chi connectivity index (χ3v) is 3.80. The van der Waals surface area contributed by atoms with E-state index >= 15 is 0 Å². The first-order chi connectivity index (χ1) is 9.61. The second-order valence-corrected chi connectivity index (χ2v) is 5.24. The number of carbonyl (C=O) groups excluding carboxylic acids is 1. The van der Waals surface area contributed by atoms with Gasteiger partial charge in [0.25, 0.3) is 5.91 Å². The van der Waals surface area contributed by atoms with Crippen LogP contribution in [0.15, 0.2) is 42.7 Å². The molecule has 1 aliphatic rings. The highest BCUT2D eigenvalue weighted by atomic mass is 16.3. The summed E-state index contributed by atoms with van der Waals surface area (Å²) in [7, 11) is 0. The Balaban J connectivity index is 1.71. The van der Waals surface area contributed by atoms with Crippen molar-refractivity contribution in [3.63, 3.8) is 0 Å². The Kier molecular flexibility index (Phi) is 3.06. The molecular formula is C15H17N3O2. The van der Waals surface area contributed by atoms with Crippen LogP contribution in [0.5, 0.6) is 0 Å². The zero-order valence-electron chi connectivity index (χ0n) is 11.4. The molecule has 5 nitrogen and oxygen atoms in total. The molecule has 2 heterocycles. The number of benzene rings is 1. The standard InChI is InChI=1S/C15H17N3O2/c1-2-15(20)10-17(11-15)14(19)12-4-6-13(7-5-12)18-9-3-8-16-18/h3-9,20H,2,10-11H2,1H3. The first-order valence-corrected chi connectivity index (χ1v) is 6.73. The number of likely N-dealkylation sites (tertiary alicyclic amines) is 1. The molecule has 20 heavy (non-hydrogen) atoms. The van der Waals surface area contributed by atoms with E-state index in [9.17, 15) is 9.90 Å². The minimum absolute atomic E-state index is 0.0323. The summed E-state index contributed by atoms with van der Waals surface area (Å²) in [6.07, 6.45) is 4.24. The summed E-state index contributed by atoms with van der Waals surface area (Å²) in [5.74, 6) is -0.0323. The van der Waals surface area contributed by atoms with Gasteiger partial charge in [0, 0.05) is 18.0 Å². The van der Waals surface area contributed by atoms with Gasteiger partial charge in [0.2, 0.25) is 0 Å². The molecule has 0 bridgehead atoms. The maximum absolute atomic E-state index is 12.2. The number of amides is 1. The summed E-state index contributed by atoms with van der Waals surface area (Å²) in [6, 6.07) is 9.17. The van der Waals surface area contributed by atoms with E-state index in [0.717, 1.165) is 5.69 Å². The van der Waals surface area contributed by atoms with Crippen molar-refractivity contribution in [2.45, 2.75) is 18.9 Å². The van der Waals surface area contributed by atoms with Gasteiger partial charge < -0.3 is 10.0 Å². The van der Waals surface area contributed by atoms with Gasteiger partial charge in [-0.1, -0.05) is 6.92 Å². The van der Waals surface area contributed by atoms with Crippen molar-refractivity contribution in [1.29, 1.82) is 0 Å². The predicted octanol–water partition coefficient (Wildman–Crippen LogP) is 1.47. The molecule has 1 aromatic carbocycles. The van der Waals surface area contributed by atoms with Crippen molar-refractivity contribution in [1.82, 2.24) is 14.7 Å². The number of rotatable bonds is 3. The summed E-state index contributed by atoms with van der Waals surface area (Å²) in [5.41, 5.74) is 0.865. The van der Waals surface area contributed by atoms with Gasteiger partial charge in [-0.3, -0.25) is 4.79 Å². The topological polar surface area (TPSA) is 58.4 Å². The Morgan fingerprint density at radius 2 is 2.05 bits per heavy atom. The average molecular weight is 271 g/mol. The van der Waals surface area contributed by atoms with Crippen molar-refractivity contribution in [2.75, 3.05) is 13.1 Å². The number of aromatic nitrogens is 2. The molecule has 104 valence electrons. The van der Waals surface area contributed by atoms with E-state index in [2.05, 4.69) is 5.10 Å². The van der Waals surface area contributed by atoms with Crippen LogP contribution in [0.3, 0.4) is 0 Å². The monoisotopic (exact) mass is 271 g/mol. The van der Waals surface area contributed by atoms with Crippen LogP contribution in [-0.4, -0.2) is 44.4 Å². The molecular weight excluding hydrogens is 254 g/mol. The fourth-order valence-corrected chi connectivity index (χ4v) is 2.39. The smallest absolute Gasteiger partial charge is 0.254 e. The molecule has 0 aliphatic carbocycles. The molecule has 1 fully saturated rings. The van der Waals surface area contributed by atoms with Crippen LogP contribution in [0, 0.1) is 0 Å². The van der Waals surface area contributed by atoms with Gasteiger partial charge in [-0.05, 0) is 36.8 Å². The van der Waals surface area contributed by atoms with Crippen molar-refractivity contribution >= 4 is 5.91 Å². The van der Waals surface area contributed by atoms with Crippen LogP contribution in [0.25, 0.3) is 5.69 Å². The van der Waals surface area contributed by atoms with Crippen LogP contribution >= 0.6 is 0 Å². The SMILES string of the molecule is CCC1(O)CN(C(=O)c2ccc(-n3cccn3)cc2)C1. The van der Waals surface area contributed by atoms with E-state index in [1.54, 1.807) is 27.9 Å². The Hall–Kier alpha value is -2.14. The lowest BCUT2D eigenvalue weighted by molar-refractivity contribution is -0.0826. The number of carbonyl (C=O) groups is 1. The van der Waals surface area contributed by atoms with Gasteiger partial charge in [0.05, 0.1) is 24.4 Å². The van der Waals surface area contributed by atoms with Crippen molar-refractivity contribution in [2.24, 2.45) is 0 Å². The van der Waals surface area contributed by atoms with E-state index < -0.39 is 5.60 Å². The van der Waals surface area contributed by atoms with Crippen molar-refractivity contribution in [3.05, 3.63) is 48.3 Å². The van der Waals surface area contributed by atoms with Gasteiger partial charge >= 0.3 is 0 Å². The van der Waals surface area contributed by atoms with Gasteiger partial charge in [-0.15, -0.1) is 0 Å². The lowest BCUT2D eigenvalue weighted by atomic mass is 9.90. The average Bonchev–Trinajstić information content (AvgIpc) is 2.97. The highest BCUT2D eigenvalue weighted by Gasteiger charge is 2.42. The second-order valence-electron chi connectivity index (χ2n) is 5.24. The molecule has 1 aliphatic heterocycles. The first kappa shape index (κ1) is 12.9. The number of hydrogen-bond acceptors (Lipinski definition) is 3. The molecule has 3 rings (SSSR count). The van der Waals surface area contributed by atoms with Crippen LogP contribution in [0.2, 0.25) is 0 Å². The maximum Gasteiger partial charge on any atom is 0.254 e. The minimum Gasteiger partial charge on any atom is -0.386 e. The highest BCUT2D eigenvalue weighted by molar-refractivity contribution is 5.95. The number of nitrogens with zero attached hydrogens (tertiary/aromatic N) is 3. The number of hydrogen-bond donors (Lipinski definition) is 1. The summed E-state index contributed by atoms with van der Waals surface area (Å²) in [4.78, 5) is 13.9. The first-order valence-electron chi connectivity index (χ1n) is 6.73. The largest absolute Gasteiger partial charge is 0.386 e. The lowest BCUT2D eigenvalue weighted by Gasteiger charge is -2.46. The molecule has 0 atom stereocenters. The second kappa shape index (κ2) is 4.76. The zero-order valence-corrected chi connectivity index (χ0v) is 11.4. The highest BCUT2D eigenvalue weighted by Crippen LogP contribution is 2.25. The molecule has 5 heteroatoms. The van der Waals surface area contributed by atoms with Gasteiger partial charge in [-0.2, -0.15) is 5.10 Å². The Bertz CT molecular complexity index is 599. The molecule has 1 aromatic heterocycles. The van der Waals surface area contributed by atoms with Crippen LogP contribution < -0.4 is 0 Å². The molecule has 1 N–H and O–H groups in total. The molecule has 2 aromatic rings. The predicted molar refractivity (Wildman–Crippen MR) is 74.7 cm³/mol. The molecule has 0 spiro atoms. The Morgan fingerprint density at radius 1 is 1.35 bits per heavy atom. The van der Waals surface area contributed by atoms with E-state index in [1.807, 2.05) is 31.3 Å². The van der Waals surface area contributed by atoms with Gasteiger partial charge in [0.1, 0.15) is 0 Å².